The van der Waals surface area contributed by atoms with Gasteiger partial charge in [-0.05, 0) is 30.7 Å². The molecule has 2 rings (SSSR count). The maximum Gasteiger partial charge on any atom is 0.411 e. The van der Waals surface area contributed by atoms with Gasteiger partial charge in [0.05, 0.1) is 7.11 Å². The van der Waals surface area contributed by atoms with E-state index in [0.29, 0.717) is 5.92 Å². The zero-order valence-corrected chi connectivity index (χ0v) is 12.7. The SMILES string of the molecule is C=CCC1C(Cc2ccccc2)CC(OC)N1C(=O)OC. The van der Waals surface area contributed by atoms with Gasteiger partial charge < -0.3 is 9.47 Å². The lowest BCUT2D eigenvalue weighted by Crippen LogP contribution is -2.43. The van der Waals surface area contributed by atoms with Crippen molar-refractivity contribution in [1.29, 1.82) is 0 Å². The minimum Gasteiger partial charge on any atom is -0.453 e. The number of ether oxygens (including phenoxy) is 2. The second-order valence-electron chi connectivity index (χ2n) is 5.34. The zero-order chi connectivity index (χ0) is 15.2. The molecule has 0 saturated carbocycles. The molecule has 0 aliphatic carbocycles. The molecule has 1 fully saturated rings. The molecule has 0 radical (unpaired) electrons. The van der Waals surface area contributed by atoms with Gasteiger partial charge in [0.1, 0.15) is 6.23 Å². The summed E-state index contributed by atoms with van der Waals surface area (Å²) in [7, 11) is 3.04. The Bertz CT molecular complexity index is 474. The van der Waals surface area contributed by atoms with Gasteiger partial charge in [-0.1, -0.05) is 36.4 Å². The summed E-state index contributed by atoms with van der Waals surface area (Å²) in [4.78, 5) is 13.8. The van der Waals surface area contributed by atoms with Gasteiger partial charge in [-0.25, -0.2) is 4.79 Å². The largest absolute Gasteiger partial charge is 0.453 e. The second kappa shape index (κ2) is 7.27. The Morgan fingerprint density at radius 3 is 2.67 bits per heavy atom. The van der Waals surface area contributed by atoms with Crippen LogP contribution in [0.4, 0.5) is 4.79 Å². The molecule has 0 bridgehead atoms. The van der Waals surface area contributed by atoms with Crippen LogP contribution in [0.15, 0.2) is 43.0 Å². The molecule has 0 aromatic heterocycles. The Kier molecular flexibility index (Phi) is 5.39. The Hall–Kier alpha value is -1.81. The number of carbonyl (C=O) groups excluding carboxylic acids is 1. The summed E-state index contributed by atoms with van der Waals surface area (Å²) in [6, 6.07) is 10.4. The number of carbonyl (C=O) groups is 1. The smallest absolute Gasteiger partial charge is 0.411 e. The average molecular weight is 289 g/mol. The first-order valence-corrected chi connectivity index (χ1v) is 7.25. The van der Waals surface area contributed by atoms with E-state index in [-0.39, 0.29) is 18.4 Å². The average Bonchev–Trinajstić information content (AvgIpc) is 2.86. The van der Waals surface area contributed by atoms with Gasteiger partial charge in [0.15, 0.2) is 0 Å². The fourth-order valence-corrected chi connectivity index (χ4v) is 3.15. The van der Waals surface area contributed by atoms with E-state index in [4.69, 9.17) is 9.47 Å². The zero-order valence-electron chi connectivity index (χ0n) is 12.7. The van der Waals surface area contributed by atoms with Crippen molar-refractivity contribution >= 4 is 6.09 Å². The van der Waals surface area contributed by atoms with Crippen molar-refractivity contribution in [2.75, 3.05) is 14.2 Å². The van der Waals surface area contributed by atoms with Gasteiger partial charge in [0.25, 0.3) is 0 Å². The highest BCUT2D eigenvalue weighted by Crippen LogP contribution is 2.35. The van der Waals surface area contributed by atoms with Crippen LogP contribution in [0.5, 0.6) is 0 Å². The summed E-state index contributed by atoms with van der Waals surface area (Å²) in [5, 5.41) is 0. The molecule has 3 unspecified atom stereocenters. The monoisotopic (exact) mass is 289 g/mol. The van der Waals surface area contributed by atoms with E-state index in [9.17, 15) is 4.79 Å². The Balaban J connectivity index is 2.19. The lowest BCUT2D eigenvalue weighted by atomic mass is 9.90. The highest BCUT2D eigenvalue weighted by molar-refractivity contribution is 5.68. The number of methoxy groups -OCH3 is 2. The van der Waals surface area contributed by atoms with Gasteiger partial charge in [-0.15, -0.1) is 6.58 Å². The summed E-state index contributed by atoms with van der Waals surface area (Å²) in [5.74, 6) is 0.342. The van der Waals surface area contributed by atoms with Gasteiger partial charge in [-0.2, -0.15) is 0 Å². The summed E-state index contributed by atoms with van der Waals surface area (Å²) in [6.45, 7) is 3.82. The van der Waals surface area contributed by atoms with E-state index < -0.39 is 0 Å². The number of hydrogen-bond donors (Lipinski definition) is 0. The van der Waals surface area contributed by atoms with Crippen molar-refractivity contribution in [3.8, 4) is 0 Å². The van der Waals surface area contributed by atoms with Crippen molar-refractivity contribution in [3.05, 3.63) is 48.6 Å². The number of rotatable bonds is 5. The summed E-state index contributed by atoms with van der Waals surface area (Å²) in [5.41, 5.74) is 1.28. The molecule has 1 aliphatic rings. The molecule has 1 saturated heterocycles. The first-order valence-electron chi connectivity index (χ1n) is 7.25. The number of likely N-dealkylation sites (tertiary alicyclic amines) is 1. The van der Waals surface area contributed by atoms with Crippen LogP contribution in [0.1, 0.15) is 18.4 Å². The van der Waals surface area contributed by atoms with Gasteiger partial charge in [-0.3, -0.25) is 4.90 Å². The van der Waals surface area contributed by atoms with Crippen molar-refractivity contribution in [3.63, 3.8) is 0 Å². The third kappa shape index (κ3) is 3.45. The molecule has 0 spiro atoms. The molecule has 1 aliphatic heterocycles. The van der Waals surface area contributed by atoms with Gasteiger partial charge in [0.2, 0.25) is 0 Å². The van der Waals surface area contributed by atoms with E-state index in [1.807, 2.05) is 24.3 Å². The third-order valence-corrected chi connectivity index (χ3v) is 4.12. The fourth-order valence-electron chi connectivity index (χ4n) is 3.15. The minimum atomic E-state index is -0.329. The molecule has 1 heterocycles. The number of hydrogen-bond acceptors (Lipinski definition) is 3. The normalized spacial score (nSPS) is 24.9. The maximum atomic E-state index is 12.1. The molecule has 1 aromatic rings. The molecule has 4 heteroatoms. The number of nitrogens with zero attached hydrogens (tertiary/aromatic N) is 1. The van der Waals surface area contributed by atoms with Crippen LogP contribution in [0.2, 0.25) is 0 Å². The summed E-state index contributed by atoms with van der Waals surface area (Å²) >= 11 is 0. The number of benzene rings is 1. The van der Waals surface area contributed by atoms with E-state index >= 15 is 0 Å². The predicted molar refractivity (Wildman–Crippen MR) is 81.9 cm³/mol. The van der Waals surface area contributed by atoms with Crippen LogP contribution < -0.4 is 0 Å². The molecule has 3 atom stereocenters. The first-order chi connectivity index (χ1) is 10.2. The highest BCUT2D eigenvalue weighted by atomic mass is 16.6. The van der Waals surface area contributed by atoms with Crippen LogP contribution >= 0.6 is 0 Å². The van der Waals surface area contributed by atoms with E-state index in [1.54, 1.807) is 12.0 Å². The molecule has 21 heavy (non-hydrogen) atoms. The topological polar surface area (TPSA) is 38.8 Å². The van der Waals surface area contributed by atoms with Gasteiger partial charge in [0, 0.05) is 13.2 Å². The third-order valence-electron chi connectivity index (χ3n) is 4.12. The van der Waals surface area contributed by atoms with Crippen LogP contribution in [0.25, 0.3) is 0 Å². The van der Waals surface area contributed by atoms with Crippen molar-refractivity contribution in [2.24, 2.45) is 5.92 Å². The lowest BCUT2D eigenvalue weighted by Gasteiger charge is -2.29. The van der Waals surface area contributed by atoms with Crippen molar-refractivity contribution in [1.82, 2.24) is 4.90 Å². The van der Waals surface area contributed by atoms with Crippen molar-refractivity contribution in [2.45, 2.75) is 31.5 Å². The van der Waals surface area contributed by atoms with Crippen LogP contribution in [0, 0.1) is 5.92 Å². The number of amides is 1. The van der Waals surface area contributed by atoms with Crippen LogP contribution in [-0.2, 0) is 15.9 Å². The molecule has 1 aromatic carbocycles. The molecule has 1 amide bonds. The standard InChI is InChI=1S/C17H23NO3/c1-4-8-15-14(11-13-9-6-5-7-10-13)12-16(20-2)18(15)17(19)21-3/h4-7,9-10,14-16H,1,8,11-12H2,2-3H3. The van der Waals surface area contributed by atoms with Gasteiger partial charge >= 0.3 is 6.09 Å². The summed E-state index contributed by atoms with van der Waals surface area (Å²) < 4.78 is 10.4. The molecule has 114 valence electrons. The summed E-state index contributed by atoms with van der Waals surface area (Å²) in [6.07, 6.45) is 3.79. The lowest BCUT2D eigenvalue weighted by molar-refractivity contribution is -0.0135. The van der Waals surface area contributed by atoms with E-state index in [1.165, 1.54) is 12.7 Å². The van der Waals surface area contributed by atoms with Crippen LogP contribution in [0.3, 0.4) is 0 Å². The maximum absolute atomic E-state index is 12.1. The molecular weight excluding hydrogens is 266 g/mol. The Morgan fingerprint density at radius 2 is 2.10 bits per heavy atom. The quantitative estimate of drug-likeness (QED) is 0.781. The van der Waals surface area contributed by atoms with E-state index in [2.05, 4.69) is 18.7 Å². The first kappa shape index (κ1) is 15.6. The molecule has 0 N–H and O–H groups in total. The van der Waals surface area contributed by atoms with E-state index in [0.717, 1.165) is 19.3 Å². The van der Waals surface area contributed by atoms with Crippen molar-refractivity contribution < 1.29 is 14.3 Å². The molecule has 4 nitrogen and oxygen atoms in total. The fraction of sp³-hybridized carbons (Fsp3) is 0.471. The Morgan fingerprint density at radius 1 is 1.38 bits per heavy atom. The minimum absolute atomic E-state index is 0.0695. The van der Waals surface area contributed by atoms with Crippen LogP contribution in [-0.4, -0.2) is 37.5 Å². The predicted octanol–water partition coefficient (Wildman–Crippen LogP) is 3.23. The molecular formula is C17H23NO3. The highest BCUT2D eigenvalue weighted by Gasteiger charge is 2.43. The Labute approximate surface area is 126 Å². The second-order valence-corrected chi connectivity index (χ2v) is 5.34.